The van der Waals surface area contributed by atoms with Crippen LogP contribution in [-0.4, -0.2) is 40.3 Å². The molecule has 0 saturated heterocycles. The second kappa shape index (κ2) is 7.36. The highest BCUT2D eigenvalue weighted by atomic mass is 16.5. The summed E-state index contributed by atoms with van der Waals surface area (Å²) in [5.74, 6) is 1.17. The van der Waals surface area contributed by atoms with Crippen LogP contribution in [0.15, 0.2) is 54.9 Å². The standard InChI is InChI=1S/C20H17N5O3/c1-27-17-8-7-12(9-18(17)28-2)16-10-14(13-5-3-4-6-15(13)23-16)19(26)24-20-21-11-22-25-20/h3-11H,1-2H3,(H2,21,22,24,25,26). The number of H-pyrrole nitrogens is 1. The molecular formula is C20H17N5O3. The van der Waals surface area contributed by atoms with Crippen LogP contribution in [0.4, 0.5) is 5.95 Å². The average molecular weight is 375 g/mol. The number of aromatic amines is 1. The molecule has 4 rings (SSSR count). The second-order valence-electron chi connectivity index (χ2n) is 5.93. The summed E-state index contributed by atoms with van der Waals surface area (Å²) in [6.45, 7) is 0. The number of pyridine rings is 1. The number of ether oxygens (including phenoxy) is 2. The number of methoxy groups -OCH3 is 2. The molecule has 4 aromatic rings. The van der Waals surface area contributed by atoms with Gasteiger partial charge in [0, 0.05) is 10.9 Å². The Morgan fingerprint density at radius 3 is 2.61 bits per heavy atom. The van der Waals surface area contributed by atoms with Crippen LogP contribution in [-0.2, 0) is 0 Å². The van der Waals surface area contributed by atoms with E-state index in [1.807, 2.05) is 36.4 Å². The summed E-state index contributed by atoms with van der Waals surface area (Å²) in [6.07, 6.45) is 1.33. The molecule has 2 aromatic heterocycles. The van der Waals surface area contributed by atoms with Gasteiger partial charge in [0.15, 0.2) is 11.5 Å². The van der Waals surface area contributed by atoms with E-state index in [1.54, 1.807) is 26.4 Å². The van der Waals surface area contributed by atoms with Crippen molar-refractivity contribution in [3.63, 3.8) is 0 Å². The molecule has 0 aliphatic carbocycles. The van der Waals surface area contributed by atoms with Crippen LogP contribution in [0, 0.1) is 0 Å². The lowest BCUT2D eigenvalue weighted by atomic mass is 10.0. The minimum atomic E-state index is -0.308. The van der Waals surface area contributed by atoms with Gasteiger partial charge in [-0.2, -0.15) is 10.1 Å². The molecule has 0 atom stereocenters. The highest BCUT2D eigenvalue weighted by molar-refractivity contribution is 6.12. The third-order valence-corrected chi connectivity index (χ3v) is 4.29. The molecule has 8 nitrogen and oxygen atoms in total. The van der Waals surface area contributed by atoms with Crippen molar-refractivity contribution in [2.24, 2.45) is 0 Å². The van der Waals surface area contributed by atoms with Crippen LogP contribution in [0.3, 0.4) is 0 Å². The molecule has 0 unspecified atom stereocenters. The molecule has 2 heterocycles. The van der Waals surface area contributed by atoms with E-state index < -0.39 is 0 Å². The van der Waals surface area contributed by atoms with E-state index in [4.69, 9.17) is 14.5 Å². The van der Waals surface area contributed by atoms with Crippen LogP contribution in [0.5, 0.6) is 11.5 Å². The number of amides is 1. The Morgan fingerprint density at radius 1 is 1.04 bits per heavy atom. The Morgan fingerprint density at radius 2 is 1.86 bits per heavy atom. The molecule has 0 aliphatic rings. The van der Waals surface area contributed by atoms with Gasteiger partial charge in [0.05, 0.1) is 31.0 Å². The molecule has 2 N–H and O–H groups in total. The van der Waals surface area contributed by atoms with Gasteiger partial charge in [-0.25, -0.2) is 10.1 Å². The molecule has 0 spiro atoms. The Bertz CT molecular complexity index is 1140. The fraction of sp³-hybridized carbons (Fsp3) is 0.100. The van der Waals surface area contributed by atoms with Crippen molar-refractivity contribution >= 4 is 22.8 Å². The number of fused-ring (bicyclic) bond motifs is 1. The molecule has 8 heteroatoms. The van der Waals surface area contributed by atoms with E-state index in [1.165, 1.54) is 6.33 Å². The predicted octanol–water partition coefficient (Wildman–Crippen LogP) is 3.29. The summed E-state index contributed by atoms with van der Waals surface area (Å²) in [6, 6.07) is 14.7. The molecule has 28 heavy (non-hydrogen) atoms. The molecule has 0 bridgehead atoms. The van der Waals surface area contributed by atoms with Crippen LogP contribution in [0.25, 0.3) is 22.2 Å². The highest BCUT2D eigenvalue weighted by Crippen LogP contribution is 2.33. The summed E-state index contributed by atoms with van der Waals surface area (Å²) < 4.78 is 10.7. The van der Waals surface area contributed by atoms with Crippen molar-refractivity contribution in [1.82, 2.24) is 20.2 Å². The summed E-state index contributed by atoms with van der Waals surface area (Å²) in [4.78, 5) is 21.5. The number of hydrogen-bond acceptors (Lipinski definition) is 6. The van der Waals surface area contributed by atoms with E-state index in [-0.39, 0.29) is 11.9 Å². The SMILES string of the molecule is COc1ccc(-c2cc(C(=O)Nc3ncn[nH]3)c3ccccc3n2)cc1OC. The van der Waals surface area contributed by atoms with Crippen LogP contribution in [0.2, 0.25) is 0 Å². The fourth-order valence-corrected chi connectivity index (χ4v) is 2.95. The molecule has 1 amide bonds. The number of carbonyl (C=O) groups excluding carboxylic acids is 1. The van der Waals surface area contributed by atoms with Crippen LogP contribution < -0.4 is 14.8 Å². The number of rotatable bonds is 5. The number of benzene rings is 2. The van der Waals surface area contributed by atoms with Gasteiger partial charge in [-0.05, 0) is 30.3 Å². The maximum atomic E-state index is 12.9. The first kappa shape index (κ1) is 17.5. The van der Waals surface area contributed by atoms with E-state index >= 15 is 0 Å². The molecular weight excluding hydrogens is 358 g/mol. The summed E-state index contributed by atoms with van der Waals surface area (Å²) in [5.41, 5.74) is 2.63. The van der Waals surface area contributed by atoms with E-state index in [0.29, 0.717) is 28.3 Å². The Kier molecular flexibility index (Phi) is 4.59. The van der Waals surface area contributed by atoms with E-state index in [9.17, 15) is 4.79 Å². The van der Waals surface area contributed by atoms with Crippen LogP contribution in [0.1, 0.15) is 10.4 Å². The molecule has 0 saturated carbocycles. The van der Waals surface area contributed by atoms with Crippen LogP contribution >= 0.6 is 0 Å². The number of nitrogens with one attached hydrogen (secondary N) is 2. The maximum absolute atomic E-state index is 12.9. The van der Waals surface area contributed by atoms with Crippen molar-refractivity contribution in [2.45, 2.75) is 0 Å². The van der Waals surface area contributed by atoms with E-state index in [0.717, 1.165) is 10.9 Å². The van der Waals surface area contributed by atoms with Gasteiger partial charge >= 0.3 is 0 Å². The number of para-hydroxylation sites is 1. The quantitative estimate of drug-likeness (QED) is 0.555. The Hall–Kier alpha value is -3.94. The predicted molar refractivity (Wildman–Crippen MR) is 105 cm³/mol. The zero-order valence-corrected chi connectivity index (χ0v) is 15.3. The molecule has 2 aromatic carbocycles. The topological polar surface area (TPSA) is 102 Å². The lowest BCUT2D eigenvalue weighted by Gasteiger charge is -2.12. The Labute approximate surface area is 160 Å². The number of hydrogen-bond donors (Lipinski definition) is 2. The van der Waals surface area contributed by atoms with Crippen molar-refractivity contribution in [1.29, 1.82) is 0 Å². The van der Waals surface area contributed by atoms with Gasteiger partial charge < -0.3 is 9.47 Å². The van der Waals surface area contributed by atoms with Gasteiger partial charge in [0.25, 0.3) is 5.91 Å². The van der Waals surface area contributed by atoms with E-state index in [2.05, 4.69) is 20.5 Å². The normalized spacial score (nSPS) is 10.6. The van der Waals surface area contributed by atoms with Gasteiger partial charge in [-0.1, -0.05) is 18.2 Å². The van der Waals surface area contributed by atoms with Crippen molar-refractivity contribution in [2.75, 3.05) is 19.5 Å². The number of anilines is 1. The van der Waals surface area contributed by atoms with Crippen molar-refractivity contribution < 1.29 is 14.3 Å². The summed E-state index contributed by atoms with van der Waals surface area (Å²) >= 11 is 0. The maximum Gasteiger partial charge on any atom is 0.258 e. The summed E-state index contributed by atoms with van der Waals surface area (Å²) in [7, 11) is 3.16. The Balaban J connectivity index is 1.83. The summed E-state index contributed by atoms with van der Waals surface area (Å²) in [5, 5.41) is 9.81. The monoisotopic (exact) mass is 375 g/mol. The number of carbonyl (C=O) groups is 1. The minimum absolute atomic E-state index is 0.276. The van der Waals surface area contributed by atoms with Crippen molar-refractivity contribution in [3.05, 3.63) is 60.4 Å². The number of aromatic nitrogens is 4. The molecule has 0 fully saturated rings. The first-order chi connectivity index (χ1) is 13.7. The van der Waals surface area contributed by atoms with Gasteiger partial charge in [0.1, 0.15) is 6.33 Å². The van der Waals surface area contributed by atoms with Gasteiger partial charge in [-0.15, -0.1) is 0 Å². The minimum Gasteiger partial charge on any atom is -0.493 e. The largest absolute Gasteiger partial charge is 0.493 e. The highest BCUT2D eigenvalue weighted by Gasteiger charge is 2.16. The molecule has 0 radical (unpaired) electrons. The zero-order valence-electron chi connectivity index (χ0n) is 15.3. The fourth-order valence-electron chi connectivity index (χ4n) is 2.95. The second-order valence-corrected chi connectivity index (χ2v) is 5.93. The third-order valence-electron chi connectivity index (χ3n) is 4.29. The molecule has 0 aliphatic heterocycles. The molecule has 140 valence electrons. The lowest BCUT2D eigenvalue weighted by molar-refractivity contribution is 0.102. The smallest absolute Gasteiger partial charge is 0.258 e. The van der Waals surface area contributed by atoms with Crippen molar-refractivity contribution in [3.8, 4) is 22.8 Å². The van der Waals surface area contributed by atoms with Gasteiger partial charge in [-0.3, -0.25) is 10.1 Å². The number of nitrogens with zero attached hydrogens (tertiary/aromatic N) is 3. The third kappa shape index (κ3) is 3.23. The van der Waals surface area contributed by atoms with Gasteiger partial charge in [0.2, 0.25) is 5.95 Å². The lowest BCUT2D eigenvalue weighted by Crippen LogP contribution is -2.14. The first-order valence-electron chi connectivity index (χ1n) is 8.48. The first-order valence-corrected chi connectivity index (χ1v) is 8.48. The zero-order chi connectivity index (χ0) is 19.5. The average Bonchev–Trinajstić information content (AvgIpc) is 3.25.